The first-order chi connectivity index (χ1) is 19.3. The van der Waals surface area contributed by atoms with Crippen LogP contribution in [-0.4, -0.2) is 57.0 Å². The summed E-state index contributed by atoms with van der Waals surface area (Å²) < 4.78 is 29.3. The molecule has 10 heteroatoms. The summed E-state index contributed by atoms with van der Waals surface area (Å²) in [6, 6.07) is 20.3. The van der Waals surface area contributed by atoms with E-state index in [1.54, 1.807) is 26.4 Å². The van der Waals surface area contributed by atoms with Crippen LogP contribution in [-0.2, 0) is 20.7 Å². The van der Waals surface area contributed by atoms with Crippen LogP contribution in [0, 0.1) is 5.92 Å². The van der Waals surface area contributed by atoms with Gasteiger partial charge in [0.1, 0.15) is 34.8 Å². The van der Waals surface area contributed by atoms with E-state index in [1.165, 1.54) is 14.2 Å². The van der Waals surface area contributed by atoms with E-state index >= 15 is 0 Å². The SMILES string of the molecule is COC(=O)[C@@H]1[C@@H](c2ccccc2)[C@]2(c3ccc(OC)cc3)Oc3cc(OC)cc(OC)c3[C@@]23NC(CCl)=N[C@@]13O. The van der Waals surface area contributed by atoms with Gasteiger partial charge in [0.15, 0.2) is 11.1 Å². The fraction of sp³-hybridized carbons (Fsp3) is 0.333. The zero-order valence-electron chi connectivity index (χ0n) is 22.4. The standard InChI is InChI=1S/C30H29ClN2O7/c1-36-19-12-10-18(11-13-19)28-24(17-8-6-5-7-9-17)26(27(34)39-4)30(35)29(28,32-23(16-31)33-30)25-21(38-3)14-20(37-2)15-22(25)40-28/h5-15,24,26,35H,16H2,1-4H3,(H,32,33)/t24-,26+,28+,29-,30-/m1/s1. The average molecular weight is 565 g/mol. The maximum atomic E-state index is 13.8. The van der Waals surface area contributed by atoms with Crippen LogP contribution in [0.25, 0.3) is 0 Å². The molecule has 1 aliphatic carbocycles. The number of halogens is 1. The van der Waals surface area contributed by atoms with Crippen molar-refractivity contribution in [1.29, 1.82) is 0 Å². The van der Waals surface area contributed by atoms with Crippen LogP contribution in [0.15, 0.2) is 71.7 Å². The topological polar surface area (TPSA) is 108 Å². The molecule has 6 rings (SSSR count). The van der Waals surface area contributed by atoms with Crippen LogP contribution in [0.1, 0.15) is 22.6 Å². The molecule has 5 atom stereocenters. The molecule has 208 valence electrons. The van der Waals surface area contributed by atoms with Crippen molar-refractivity contribution in [2.24, 2.45) is 10.9 Å². The van der Waals surface area contributed by atoms with Crippen LogP contribution in [0.5, 0.6) is 23.0 Å². The molecule has 0 saturated heterocycles. The highest BCUT2D eigenvalue weighted by molar-refractivity contribution is 6.28. The normalized spacial score (nSPS) is 29.3. The molecule has 1 spiro atoms. The lowest BCUT2D eigenvalue weighted by atomic mass is 9.68. The van der Waals surface area contributed by atoms with Gasteiger partial charge in [0, 0.05) is 18.1 Å². The second-order valence-electron chi connectivity index (χ2n) is 9.95. The molecule has 3 aromatic rings. The van der Waals surface area contributed by atoms with Gasteiger partial charge in [-0.3, -0.25) is 4.79 Å². The lowest BCUT2D eigenvalue weighted by Gasteiger charge is -2.44. The van der Waals surface area contributed by atoms with E-state index in [2.05, 4.69) is 5.32 Å². The number of amidine groups is 1. The van der Waals surface area contributed by atoms with Gasteiger partial charge in [-0.1, -0.05) is 42.5 Å². The molecule has 1 fully saturated rings. The smallest absolute Gasteiger partial charge is 0.314 e. The summed E-state index contributed by atoms with van der Waals surface area (Å²) in [5.74, 6) is -0.430. The number of aliphatic hydroxyl groups is 1. The third-order valence-corrected chi connectivity index (χ3v) is 8.60. The van der Waals surface area contributed by atoms with E-state index in [1.807, 2.05) is 54.6 Å². The molecule has 40 heavy (non-hydrogen) atoms. The Labute approximate surface area is 236 Å². The summed E-state index contributed by atoms with van der Waals surface area (Å²) in [5.41, 5.74) is -3.21. The predicted molar refractivity (Wildman–Crippen MR) is 147 cm³/mol. The number of alkyl halides is 1. The lowest BCUT2D eigenvalue weighted by molar-refractivity contribution is -0.156. The molecule has 2 heterocycles. The molecule has 2 aliphatic heterocycles. The van der Waals surface area contributed by atoms with Crippen molar-refractivity contribution in [3.63, 3.8) is 0 Å². The van der Waals surface area contributed by atoms with Gasteiger partial charge >= 0.3 is 5.97 Å². The monoisotopic (exact) mass is 564 g/mol. The molecular weight excluding hydrogens is 536 g/mol. The van der Waals surface area contributed by atoms with E-state index in [9.17, 15) is 9.90 Å². The molecule has 0 amide bonds. The van der Waals surface area contributed by atoms with E-state index in [4.69, 9.17) is 40.3 Å². The summed E-state index contributed by atoms with van der Waals surface area (Å²) in [6.45, 7) is 0. The Morgan fingerprint density at radius 1 is 1.00 bits per heavy atom. The van der Waals surface area contributed by atoms with Gasteiger partial charge in [-0.2, -0.15) is 0 Å². The Hall–Kier alpha value is -3.95. The molecule has 0 aromatic heterocycles. The maximum absolute atomic E-state index is 13.8. The largest absolute Gasteiger partial charge is 0.497 e. The minimum absolute atomic E-state index is 0.0412. The van der Waals surface area contributed by atoms with Crippen molar-refractivity contribution in [1.82, 2.24) is 5.32 Å². The van der Waals surface area contributed by atoms with E-state index < -0.39 is 34.7 Å². The summed E-state index contributed by atoms with van der Waals surface area (Å²) >= 11 is 6.33. The van der Waals surface area contributed by atoms with Crippen molar-refractivity contribution in [2.75, 3.05) is 34.3 Å². The van der Waals surface area contributed by atoms with Crippen molar-refractivity contribution in [2.45, 2.75) is 22.8 Å². The predicted octanol–water partition coefficient (Wildman–Crippen LogP) is 3.71. The molecule has 3 aromatic carbocycles. The third-order valence-electron chi connectivity index (χ3n) is 8.35. The van der Waals surface area contributed by atoms with Crippen LogP contribution < -0.4 is 24.3 Å². The van der Waals surface area contributed by atoms with Crippen molar-refractivity contribution < 1.29 is 33.6 Å². The number of carbonyl (C=O) groups excluding carboxylic acids is 1. The second-order valence-corrected chi connectivity index (χ2v) is 10.2. The number of nitrogens with one attached hydrogen (secondary N) is 1. The first kappa shape index (κ1) is 26.3. The number of rotatable bonds is 7. The van der Waals surface area contributed by atoms with Gasteiger partial charge in [-0.15, -0.1) is 11.6 Å². The summed E-state index contributed by atoms with van der Waals surface area (Å²) in [4.78, 5) is 18.5. The van der Waals surface area contributed by atoms with Crippen LogP contribution in [0.4, 0.5) is 0 Å². The Morgan fingerprint density at radius 2 is 1.70 bits per heavy atom. The summed E-state index contributed by atoms with van der Waals surface area (Å²) in [7, 11) is 5.95. The van der Waals surface area contributed by atoms with Crippen molar-refractivity contribution in [3.05, 3.63) is 83.4 Å². The highest BCUT2D eigenvalue weighted by Gasteiger charge is 2.87. The van der Waals surface area contributed by atoms with Crippen LogP contribution >= 0.6 is 11.6 Å². The van der Waals surface area contributed by atoms with Crippen molar-refractivity contribution in [3.8, 4) is 23.0 Å². The zero-order valence-corrected chi connectivity index (χ0v) is 23.2. The van der Waals surface area contributed by atoms with Gasteiger partial charge in [0.25, 0.3) is 0 Å². The number of hydrogen-bond donors (Lipinski definition) is 2. The van der Waals surface area contributed by atoms with Crippen LogP contribution in [0.3, 0.4) is 0 Å². The zero-order chi connectivity index (χ0) is 28.3. The number of nitrogens with zero attached hydrogens (tertiary/aromatic N) is 1. The number of fused-ring (bicyclic) bond motifs is 1. The number of carbonyl (C=O) groups is 1. The van der Waals surface area contributed by atoms with Gasteiger partial charge in [-0.05, 0) is 23.3 Å². The highest BCUT2D eigenvalue weighted by atomic mass is 35.5. The number of ether oxygens (including phenoxy) is 5. The lowest BCUT2D eigenvalue weighted by Crippen LogP contribution is -2.63. The van der Waals surface area contributed by atoms with E-state index in [-0.39, 0.29) is 5.88 Å². The second kappa shape index (κ2) is 9.31. The maximum Gasteiger partial charge on any atom is 0.314 e. The molecule has 0 radical (unpaired) electrons. The Bertz CT molecular complexity index is 1500. The fourth-order valence-electron chi connectivity index (χ4n) is 6.91. The number of hydrogen-bond acceptors (Lipinski definition) is 9. The quantitative estimate of drug-likeness (QED) is 0.330. The third kappa shape index (κ3) is 3.13. The van der Waals surface area contributed by atoms with Crippen molar-refractivity contribution >= 4 is 23.4 Å². The average Bonchev–Trinajstić information content (AvgIpc) is 3.53. The van der Waals surface area contributed by atoms with Gasteiger partial charge in [0.05, 0.1) is 39.9 Å². The fourth-order valence-corrected chi connectivity index (χ4v) is 7.03. The minimum atomic E-state index is -2.10. The minimum Gasteiger partial charge on any atom is -0.497 e. The Kier molecular flexibility index (Phi) is 6.12. The highest BCUT2D eigenvalue weighted by Crippen LogP contribution is 2.75. The van der Waals surface area contributed by atoms with E-state index in [0.717, 1.165) is 5.56 Å². The molecule has 9 nitrogen and oxygen atoms in total. The summed E-state index contributed by atoms with van der Waals surface area (Å²) in [6.07, 6.45) is 0. The Morgan fingerprint density at radius 3 is 2.30 bits per heavy atom. The number of methoxy groups -OCH3 is 4. The Balaban J connectivity index is 1.79. The summed E-state index contributed by atoms with van der Waals surface area (Å²) in [5, 5.41) is 16.4. The molecule has 0 bridgehead atoms. The first-order valence-corrected chi connectivity index (χ1v) is 13.3. The first-order valence-electron chi connectivity index (χ1n) is 12.7. The number of aliphatic imine (C=N–C) groups is 1. The molecule has 3 aliphatic rings. The van der Waals surface area contributed by atoms with Gasteiger partial charge in [0.2, 0.25) is 5.72 Å². The van der Waals surface area contributed by atoms with Gasteiger partial charge in [-0.25, -0.2) is 4.99 Å². The number of benzene rings is 3. The molecule has 0 unspecified atom stereocenters. The molecular formula is C30H29ClN2O7. The number of esters is 1. The molecule has 1 saturated carbocycles. The van der Waals surface area contributed by atoms with E-state index in [0.29, 0.717) is 40.0 Å². The van der Waals surface area contributed by atoms with Crippen LogP contribution in [0.2, 0.25) is 0 Å². The molecule has 2 N–H and O–H groups in total. The van der Waals surface area contributed by atoms with Gasteiger partial charge < -0.3 is 34.1 Å².